The number of thiophene rings is 2. The molecule has 106 valence electrons. The minimum atomic E-state index is 0.910. The summed E-state index contributed by atoms with van der Waals surface area (Å²) in [6.07, 6.45) is 0. The van der Waals surface area contributed by atoms with Gasteiger partial charge in [0.2, 0.25) is 0 Å². The van der Waals surface area contributed by atoms with E-state index in [0.717, 1.165) is 31.0 Å². The van der Waals surface area contributed by atoms with Crippen molar-refractivity contribution in [2.24, 2.45) is 0 Å². The molecule has 6 heteroatoms. The lowest BCUT2D eigenvalue weighted by atomic mass is 10.1. The fourth-order valence-electron chi connectivity index (χ4n) is 2.78. The van der Waals surface area contributed by atoms with Crippen molar-refractivity contribution in [2.75, 3.05) is 0 Å². The van der Waals surface area contributed by atoms with E-state index in [-0.39, 0.29) is 0 Å². The molecule has 0 saturated heterocycles. The highest BCUT2D eigenvalue weighted by Gasteiger charge is 2.14. The van der Waals surface area contributed by atoms with E-state index < -0.39 is 0 Å². The molecule has 0 N–H and O–H groups in total. The SMILES string of the molecule is Brc1cc2nc3c(nc2cc1Br)c1sccc1c1ccsc13. The van der Waals surface area contributed by atoms with Gasteiger partial charge in [-0.25, -0.2) is 9.97 Å². The molecule has 3 heterocycles. The monoisotopic (exact) mass is 448 g/mol. The average molecular weight is 450 g/mol. The van der Waals surface area contributed by atoms with Gasteiger partial charge < -0.3 is 0 Å². The van der Waals surface area contributed by atoms with E-state index in [2.05, 4.69) is 54.8 Å². The Kier molecular flexibility index (Phi) is 2.86. The predicted molar refractivity (Wildman–Crippen MR) is 103 cm³/mol. The van der Waals surface area contributed by atoms with Gasteiger partial charge in [-0.3, -0.25) is 0 Å². The number of aromatic nitrogens is 2. The van der Waals surface area contributed by atoms with Gasteiger partial charge in [-0.2, -0.15) is 0 Å². The van der Waals surface area contributed by atoms with Gasteiger partial charge in [0, 0.05) is 19.7 Å². The van der Waals surface area contributed by atoms with Crippen LogP contribution in [0.25, 0.3) is 42.2 Å². The zero-order chi connectivity index (χ0) is 14.8. The fourth-order valence-corrected chi connectivity index (χ4v) is 5.24. The summed E-state index contributed by atoms with van der Waals surface area (Å²) in [7, 11) is 0. The summed E-state index contributed by atoms with van der Waals surface area (Å²) in [5.41, 5.74) is 3.82. The first kappa shape index (κ1) is 13.4. The molecule has 0 aliphatic heterocycles. The number of fused-ring (bicyclic) bond motifs is 7. The summed E-state index contributed by atoms with van der Waals surface area (Å²) in [4.78, 5) is 9.83. The Labute approximate surface area is 150 Å². The molecule has 0 fully saturated rings. The van der Waals surface area contributed by atoms with Gasteiger partial charge in [0.25, 0.3) is 0 Å². The maximum atomic E-state index is 4.91. The fraction of sp³-hybridized carbons (Fsp3) is 0. The van der Waals surface area contributed by atoms with Crippen molar-refractivity contribution in [2.45, 2.75) is 0 Å². The number of halogens is 2. The van der Waals surface area contributed by atoms with Crippen LogP contribution in [0.5, 0.6) is 0 Å². The third kappa shape index (κ3) is 1.75. The third-order valence-corrected chi connectivity index (χ3v) is 7.44. The molecule has 5 rings (SSSR count). The van der Waals surface area contributed by atoms with Crippen LogP contribution in [0.1, 0.15) is 0 Å². The number of nitrogens with zero attached hydrogens (tertiary/aromatic N) is 2. The molecule has 22 heavy (non-hydrogen) atoms. The standard InChI is InChI=1S/C16H6Br2N2S2/c17-9-5-11-12(6-10(9)18)20-14-13(19-11)15-7(1-3-21-15)8-2-4-22-16(8)14/h1-6H. The second-order valence-electron chi connectivity index (χ2n) is 5.00. The van der Waals surface area contributed by atoms with E-state index in [4.69, 9.17) is 9.97 Å². The molecular weight excluding hydrogens is 444 g/mol. The molecule has 3 aromatic heterocycles. The Bertz CT molecular complexity index is 1110. The molecular formula is C16H6Br2N2S2. The Morgan fingerprint density at radius 3 is 1.64 bits per heavy atom. The van der Waals surface area contributed by atoms with E-state index in [1.54, 1.807) is 22.7 Å². The maximum Gasteiger partial charge on any atom is 0.109 e. The van der Waals surface area contributed by atoms with Gasteiger partial charge >= 0.3 is 0 Å². The van der Waals surface area contributed by atoms with Crippen LogP contribution in [0.2, 0.25) is 0 Å². The van der Waals surface area contributed by atoms with Gasteiger partial charge in [-0.15, -0.1) is 22.7 Å². The Hall–Kier alpha value is -1.08. The van der Waals surface area contributed by atoms with E-state index in [9.17, 15) is 0 Å². The van der Waals surface area contributed by atoms with Crippen molar-refractivity contribution in [3.63, 3.8) is 0 Å². The summed E-state index contributed by atoms with van der Waals surface area (Å²) in [6, 6.07) is 8.39. The summed E-state index contributed by atoms with van der Waals surface area (Å²) < 4.78 is 4.42. The largest absolute Gasteiger partial charge is 0.243 e. The van der Waals surface area contributed by atoms with Crippen LogP contribution < -0.4 is 0 Å². The Morgan fingerprint density at radius 1 is 0.727 bits per heavy atom. The normalized spacial score (nSPS) is 12.1. The predicted octanol–water partition coefficient (Wildman–Crippen LogP) is 6.74. The summed E-state index contributed by atoms with van der Waals surface area (Å²) in [6.45, 7) is 0. The minimum absolute atomic E-state index is 0.910. The van der Waals surface area contributed by atoms with Crippen LogP contribution in [-0.4, -0.2) is 9.97 Å². The van der Waals surface area contributed by atoms with Crippen molar-refractivity contribution in [1.82, 2.24) is 9.97 Å². The molecule has 0 amide bonds. The average Bonchev–Trinajstić information content (AvgIpc) is 3.15. The molecule has 0 unspecified atom stereocenters. The first-order chi connectivity index (χ1) is 10.7. The summed E-state index contributed by atoms with van der Waals surface area (Å²) in [5, 5.41) is 6.81. The molecule has 0 spiro atoms. The molecule has 0 atom stereocenters. The molecule has 2 aromatic carbocycles. The zero-order valence-electron chi connectivity index (χ0n) is 10.9. The molecule has 0 saturated carbocycles. The quantitative estimate of drug-likeness (QED) is 0.244. The lowest BCUT2D eigenvalue weighted by Crippen LogP contribution is -1.89. The zero-order valence-corrected chi connectivity index (χ0v) is 15.7. The van der Waals surface area contributed by atoms with Crippen molar-refractivity contribution >= 4 is 96.8 Å². The molecule has 2 nitrogen and oxygen atoms in total. The topological polar surface area (TPSA) is 25.8 Å². The number of hydrogen-bond donors (Lipinski definition) is 0. The first-order valence-corrected chi connectivity index (χ1v) is 9.90. The van der Waals surface area contributed by atoms with Crippen LogP contribution >= 0.6 is 54.5 Å². The highest BCUT2D eigenvalue weighted by Crippen LogP contribution is 2.39. The molecule has 0 bridgehead atoms. The van der Waals surface area contributed by atoms with Crippen molar-refractivity contribution < 1.29 is 0 Å². The van der Waals surface area contributed by atoms with Gasteiger partial charge in [-0.05, 0) is 66.9 Å². The second kappa shape index (κ2) is 4.71. The molecule has 0 aliphatic carbocycles. The maximum absolute atomic E-state index is 4.91. The number of hydrogen-bond acceptors (Lipinski definition) is 4. The van der Waals surface area contributed by atoms with Crippen molar-refractivity contribution in [3.8, 4) is 0 Å². The van der Waals surface area contributed by atoms with E-state index in [1.807, 2.05) is 12.1 Å². The third-order valence-electron chi connectivity index (χ3n) is 3.76. The highest BCUT2D eigenvalue weighted by atomic mass is 79.9. The van der Waals surface area contributed by atoms with Gasteiger partial charge in [0.05, 0.1) is 20.4 Å². The van der Waals surface area contributed by atoms with E-state index in [0.29, 0.717) is 0 Å². The molecule has 0 radical (unpaired) electrons. The number of rotatable bonds is 0. The molecule has 5 aromatic rings. The van der Waals surface area contributed by atoms with Crippen LogP contribution in [0.3, 0.4) is 0 Å². The van der Waals surface area contributed by atoms with Crippen LogP contribution in [-0.2, 0) is 0 Å². The number of benzene rings is 2. The van der Waals surface area contributed by atoms with Crippen LogP contribution in [0.15, 0.2) is 44.0 Å². The Morgan fingerprint density at radius 2 is 1.18 bits per heavy atom. The highest BCUT2D eigenvalue weighted by molar-refractivity contribution is 9.13. The lowest BCUT2D eigenvalue weighted by molar-refractivity contribution is 1.41. The second-order valence-corrected chi connectivity index (χ2v) is 8.54. The summed E-state index contributed by atoms with van der Waals surface area (Å²) >= 11 is 10.6. The first-order valence-electron chi connectivity index (χ1n) is 6.55. The van der Waals surface area contributed by atoms with Crippen molar-refractivity contribution in [1.29, 1.82) is 0 Å². The van der Waals surface area contributed by atoms with Gasteiger partial charge in [-0.1, -0.05) is 0 Å². The lowest BCUT2D eigenvalue weighted by Gasteiger charge is -2.06. The minimum Gasteiger partial charge on any atom is -0.243 e. The van der Waals surface area contributed by atoms with Gasteiger partial charge in [0.15, 0.2) is 0 Å². The van der Waals surface area contributed by atoms with Crippen LogP contribution in [0, 0.1) is 0 Å². The Balaban J connectivity index is 2.11. The molecule has 0 aliphatic rings. The smallest absolute Gasteiger partial charge is 0.109 e. The van der Waals surface area contributed by atoms with E-state index in [1.165, 1.54) is 20.2 Å². The van der Waals surface area contributed by atoms with Gasteiger partial charge in [0.1, 0.15) is 11.0 Å². The van der Waals surface area contributed by atoms with Crippen LogP contribution in [0.4, 0.5) is 0 Å². The van der Waals surface area contributed by atoms with E-state index >= 15 is 0 Å². The van der Waals surface area contributed by atoms with Crippen molar-refractivity contribution in [3.05, 3.63) is 44.0 Å². The summed E-state index contributed by atoms with van der Waals surface area (Å²) in [5.74, 6) is 0.